The third kappa shape index (κ3) is 3.12. The zero-order valence-electron chi connectivity index (χ0n) is 16.6. The van der Waals surface area contributed by atoms with Gasteiger partial charge in [-0.05, 0) is 32.3 Å². The maximum absolute atomic E-state index is 5.61. The maximum Gasteiger partial charge on any atom is 0.259 e. The van der Waals surface area contributed by atoms with Crippen LogP contribution in [0.25, 0.3) is 34.0 Å². The smallest absolute Gasteiger partial charge is 0.259 e. The largest absolute Gasteiger partial charge is 0.372 e. The Balaban J connectivity index is 1.61. The fraction of sp³-hybridized carbons (Fsp3) is 0.400. The lowest BCUT2D eigenvalue weighted by molar-refractivity contribution is 0.432. The zero-order chi connectivity index (χ0) is 20.0. The van der Waals surface area contributed by atoms with Crippen molar-refractivity contribution in [2.24, 2.45) is 0 Å². The Morgan fingerprint density at radius 1 is 1.21 bits per heavy atom. The van der Waals surface area contributed by atoms with Crippen molar-refractivity contribution in [1.82, 2.24) is 34.9 Å². The molecule has 4 aromatic heterocycles. The lowest BCUT2D eigenvalue weighted by Gasteiger charge is -2.11. The topological polar surface area (TPSA) is 107 Å². The number of rotatable bonds is 6. The first-order chi connectivity index (χ1) is 14.2. The zero-order valence-corrected chi connectivity index (χ0v) is 16.6. The lowest BCUT2D eigenvalue weighted by Crippen LogP contribution is -2.07. The molecule has 1 atom stereocenters. The maximum atomic E-state index is 5.61. The normalized spacial score (nSPS) is 15.0. The van der Waals surface area contributed by atoms with Crippen molar-refractivity contribution < 1.29 is 4.52 Å². The molecule has 5 rings (SSSR count). The van der Waals surface area contributed by atoms with Crippen LogP contribution in [0.2, 0.25) is 0 Å². The summed E-state index contributed by atoms with van der Waals surface area (Å²) in [6.07, 6.45) is 8.41. The molecule has 0 aliphatic heterocycles. The Morgan fingerprint density at radius 3 is 2.76 bits per heavy atom. The van der Waals surface area contributed by atoms with Crippen LogP contribution in [0.5, 0.6) is 0 Å². The molecule has 0 radical (unpaired) electrons. The molecule has 0 saturated heterocycles. The Kier molecular flexibility index (Phi) is 4.22. The first-order valence-corrected chi connectivity index (χ1v) is 9.90. The van der Waals surface area contributed by atoms with Crippen LogP contribution in [-0.2, 0) is 0 Å². The van der Waals surface area contributed by atoms with E-state index < -0.39 is 0 Å². The Bertz CT molecular complexity index is 1160. The summed E-state index contributed by atoms with van der Waals surface area (Å²) in [6.45, 7) is 4.30. The van der Waals surface area contributed by atoms with Gasteiger partial charge in [0, 0.05) is 18.7 Å². The number of anilines is 1. The van der Waals surface area contributed by atoms with Gasteiger partial charge < -0.3 is 9.84 Å². The first-order valence-electron chi connectivity index (χ1n) is 9.90. The number of pyridine rings is 1. The highest BCUT2D eigenvalue weighted by atomic mass is 16.5. The summed E-state index contributed by atoms with van der Waals surface area (Å²) in [5.41, 5.74) is 3.36. The van der Waals surface area contributed by atoms with Crippen molar-refractivity contribution in [1.29, 1.82) is 0 Å². The summed E-state index contributed by atoms with van der Waals surface area (Å²) in [7, 11) is 1.79. The number of aromatic nitrogens is 7. The predicted molar refractivity (Wildman–Crippen MR) is 108 cm³/mol. The molecule has 1 unspecified atom stereocenters. The fourth-order valence-electron chi connectivity index (χ4n) is 3.31. The number of hydrogen-bond donors (Lipinski definition) is 1. The van der Waals surface area contributed by atoms with Gasteiger partial charge in [-0.15, -0.1) is 0 Å². The van der Waals surface area contributed by atoms with Crippen LogP contribution < -0.4 is 5.32 Å². The van der Waals surface area contributed by atoms with Crippen LogP contribution >= 0.6 is 0 Å². The van der Waals surface area contributed by atoms with E-state index in [1.807, 2.05) is 10.9 Å². The number of hydrogen-bond acceptors (Lipinski definition) is 8. The average Bonchev–Trinajstić information content (AvgIpc) is 3.34. The second-order valence-electron chi connectivity index (χ2n) is 7.41. The SMILES string of the molecule is CCC(C)n1ncc2c(-c3nc(-c4cnc(NC)cn4)no3)cc(C3CC3)nc21. The monoisotopic (exact) mass is 390 g/mol. The molecular weight excluding hydrogens is 368 g/mol. The van der Waals surface area contributed by atoms with Gasteiger partial charge in [0.05, 0.1) is 35.6 Å². The molecule has 1 aliphatic rings. The van der Waals surface area contributed by atoms with Crippen molar-refractivity contribution >= 4 is 16.9 Å². The second kappa shape index (κ2) is 6.91. The van der Waals surface area contributed by atoms with E-state index in [0.29, 0.717) is 29.1 Å². The van der Waals surface area contributed by atoms with Crippen LogP contribution in [-0.4, -0.2) is 41.9 Å². The van der Waals surface area contributed by atoms with E-state index in [4.69, 9.17) is 9.51 Å². The van der Waals surface area contributed by atoms with Gasteiger partial charge in [0.15, 0.2) is 5.65 Å². The minimum atomic E-state index is 0.265. The van der Waals surface area contributed by atoms with Crippen LogP contribution in [0.4, 0.5) is 5.82 Å². The van der Waals surface area contributed by atoms with E-state index in [1.165, 1.54) is 0 Å². The quantitative estimate of drug-likeness (QED) is 0.529. The van der Waals surface area contributed by atoms with Crippen molar-refractivity contribution in [3.63, 3.8) is 0 Å². The molecule has 0 spiro atoms. The minimum Gasteiger partial charge on any atom is -0.372 e. The van der Waals surface area contributed by atoms with Gasteiger partial charge in [0.1, 0.15) is 11.5 Å². The summed E-state index contributed by atoms with van der Waals surface area (Å²) in [5, 5.41) is 12.6. The fourth-order valence-corrected chi connectivity index (χ4v) is 3.31. The van der Waals surface area contributed by atoms with Gasteiger partial charge in [0.2, 0.25) is 5.82 Å². The van der Waals surface area contributed by atoms with Crippen LogP contribution in [0.1, 0.15) is 50.8 Å². The van der Waals surface area contributed by atoms with E-state index in [-0.39, 0.29) is 6.04 Å². The number of nitrogens with one attached hydrogen (secondary N) is 1. The van der Waals surface area contributed by atoms with E-state index in [0.717, 1.165) is 41.6 Å². The predicted octanol–water partition coefficient (Wildman–Crippen LogP) is 3.83. The van der Waals surface area contributed by atoms with Gasteiger partial charge in [-0.2, -0.15) is 10.1 Å². The summed E-state index contributed by atoms with van der Waals surface area (Å²) < 4.78 is 7.60. The molecule has 4 heterocycles. The van der Waals surface area contributed by atoms with Crippen molar-refractivity contribution in [3.8, 4) is 23.0 Å². The molecule has 1 saturated carbocycles. The molecule has 1 aliphatic carbocycles. The van der Waals surface area contributed by atoms with Gasteiger partial charge in [-0.1, -0.05) is 12.1 Å². The molecule has 29 heavy (non-hydrogen) atoms. The highest BCUT2D eigenvalue weighted by Gasteiger charge is 2.28. The standard InChI is InChI=1S/C20H22N8O/c1-4-11(2)28-19-14(8-24-28)13(7-15(25-19)12-5-6-12)20-26-18(27-29-20)16-9-23-17(21-3)10-22-16/h7-12H,4-6H2,1-3H3,(H,21,23). The molecule has 1 fully saturated rings. The van der Waals surface area contributed by atoms with Gasteiger partial charge >= 0.3 is 0 Å². The Morgan fingerprint density at radius 2 is 2.07 bits per heavy atom. The Hall–Kier alpha value is -3.36. The van der Waals surface area contributed by atoms with E-state index in [1.54, 1.807) is 19.4 Å². The molecule has 9 heteroatoms. The van der Waals surface area contributed by atoms with Gasteiger partial charge in [-0.25, -0.2) is 19.6 Å². The lowest BCUT2D eigenvalue weighted by atomic mass is 10.1. The highest BCUT2D eigenvalue weighted by Crippen LogP contribution is 2.42. The molecule has 4 aromatic rings. The third-order valence-corrected chi connectivity index (χ3v) is 5.38. The molecule has 148 valence electrons. The summed E-state index contributed by atoms with van der Waals surface area (Å²) in [4.78, 5) is 18.1. The molecule has 9 nitrogen and oxygen atoms in total. The van der Waals surface area contributed by atoms with E-state index in [2.05, 4.69) is 50.4 Å². The van der Waals surface area contributed by atoms with Gasteiger partial charge in [0.25, 0.3) is 5.89 Å². The molecule has 1 N–H and O–H groups in total. The molecule has 0 bridgehead atoms. The third-order valence-electron chi connectivity index (χ3n) is 5.38. The van der Waals surface area contributed by atoms with Crippen LogP contribution in [0.15, 0.2) is 29.2 Å². The van der Waals surface area contributed by atoms with Crippen molar-refractivity contribution in [2.45, 2.75) is 45.1 Å². The van der Waals surface area contributed by atoms with E-state index in [9.17, 15) is 0 Å². The molecule has 0 amide bonds. The summed E-state index contributed by atoms with van der Waals surface area (Å²) in [6, 6.07) is 2.33. The van der Waals surface area contributed by atoms with Crippen molar-refractivity contribution in [2.75, 3.05) is 12.4 Å². The van der Waals surface area contributed by atoms with Crippen molar-refractivity contribution in [3.05, 3.63) is 30.4 Å². The molecular formula is C20H22N8O. The van der Waals surface area contributed by atoms with Crippen LogP contribution in [0, 0.1) is 0 Å². The van der Waals surface area contributed by atoms with Gasteiger partial charge in [-0.3, -0.25) is 0 Å². The number of fused-ring (bicyclic) bond motifs is 1. The second-order valence-corrected chi connectivity index (χ2v) is 7.41. The number of nitrogens with zero attached hydrogens (tertiary/aromatic N) is 7. The summed E-state index contributed by atoms with van der Waals surface area (Å²) in [5.74, 6) is 2.03. The van der Waals surface area contributed by atoms with Crippen LogP contribution in [0.3, 0.4) is 0 Å². The average molecular weight is 390 g/mol. The first kappa shape index (κ1) is 17.7. The minimum absolute atomic E-state index is 0.265. The summed E-state index contributed by atoms with van der Waals surface area (Å²) >= 11 is 0. The van der Waals surface area contributed by atoms with E-state index >= 15 is 0 Å². The highest BCUT2D eigenvalue weighted by molar-refractivity contribution is 5.90. The Labute approximate surface area is 167 Å². The molecule has 0 aromatic carbocycles.